The van der Waals surface area contributed by atoms with Gasteiger partial charge in [0.25, 0.3) is 10.0 Å². The third-order valence-corrected chi connectivity index (χ3v) is 6.64. The van der Waals surface area contributed by atoms with Crippen LogP contribution in [0.25, 0.3) is 0 Å². The fourth-order valence-corrected chi connectivity index (χ4v) is 5.25. The highest BCUT2D eigenvalue weighted by Crippen LogP contribution is 2.32. The maximum Gasteiger partial charge on any atom is 0.264 e. The SMILES string of the molecule is CC(=O)Nc1ccc(N(C2CCOCC2)S(=O)(=O)c2ccccc2C)cc1. The summed E-state index contributed by atoms with van der Waals surface area (Å²) in [5.74, 6) is -0.170. The smallest absolute Gasteiger partial charge is 0.264 e. The van der Waals surface area contributed by atoms with Gasteiger partial charge in [0, 0.05) is 31.9 Å². The van der Waals surface area contributed by atoms with Crippen molar-refractivity contribution in [3.05, 3.63) is 54.1 Å². The molecule has 2 aromatic carbocycles. The molecule has 0 saturated carbocycles. The Bertz CT molecular complexity index is 904. The van der Waals surface area contributed by atoms with Crippen molar-refractivity contribution in [1.29, 1.82) is 0 Å². The molecule has 0 bridgehead atoms. The number of carbonyl (C=O) groups excluding carboxylic acids is 1. The number of nitrogens with one attached hydrogen (secondary N) is 1. The molecule has 1 N–H and O–H groups in total. The van der Waals surface area contributed by atoms with Crippen molar-refractivity contribution in [2.75, 3.05) is 22.8 Å². The molecule has 6 nitrogen and oxygen atoms in total. The van der Waals surface area contributed by atoms with E-state index in [1.807, 2.05) is 6.07 Å². The third kappa shape index (κ3) is 4.31. The molecule has 7 heteroatoms. The van der Waals surface area contributed by atoms with E-state index in [0.29, 0.717) is 47.9 Å². The molecule has 1 saturated heterocycles. The summed E-state index contributed by atoms with van der Waals surface area (Å²) in [4.78, 5) is 11.5. The first-order valence-corrected chi connectivity index (χ1v) is 10.4. The Morgan fingerprint density at radius 3 is 2.30 bits per heavy atom. The van der Waals surface area contributed by atoms with E-state index in [2.05, 4.69) is 5.32 Å². The molecule has 27 heavy (non-hydrogen) atoms. The van der Waals surface area contributed by atoms with Crippen molar-refractivity contribution in [3.63, 3.8) is 0 Å². The molecule has 2 aromatic rings. The van der Waals surface area contributed by atoms with E-state index in [0.717, 1.165) is 0 Å². The van der Waals surface area contributed by atoms with Crippen molar-refractivity contribution >= 4 is 27.3 Å². The van der Waals surface area contributed by atoms with Gasteiger partial charge in [-0.3, -0.25) is 9.10 Å². The van der Waals surface area contributed by atoms with Gasteiger partial charge in [0.2, 0.25) is 5.91 Å². The molecule has 144 valence electrons. The highest BCUT2D eigenvalue weighted by atomic mass is 32.2. The summed E-state index contributed by atoms with van der Waals surface area (Å²) in [5.41, 5.74) is 1.93. The van der Waals surface area contributed by atoms with Crippen molar-refractivity contribution in [3.8, 4) is 0 Å². The van der Waals surface area contributed by atoms with Crippen molar-refractivity contribution in [2.24, 2.45) is 0 Å². The Hall–Kier alpha value is -2.38. The number of benzene rings is 2. The second kappa shape index (κ2) is 8.10. The molecular formula is C20H24N2O4S. The van der Waals surface area contributed by atoms with Crippen LogP contribution < -0.4 is 9.62 Å². The van der Waals surface area contributed by atoms with Gasteiger partial charge in [0.05, 0.1) is 10.6 Å². The topological polar surface area (TPSA) is 75.7 Å². The van der Waals surface area contributed by atoms with E-state index in [9.17, 15) is 13.2 Å². The lowest BCUT2D eigenvalue weighted by Crippen LogP contribution is -2.43. The highest BCUT2D eigenvalue weighted by molar-refractivity contribution is 7.93. The van der Waals surface area contributed by atoms with Gasteiger partial charge in [-0.1, -0.05) is 18.2 Å². The molecule has 0 radical (unpaired) electrons. The molecule has 1 aliphatic rings. The van der Waals surface area contributed by atoms with Gasteiger partial charge in [-0.25, -0.2) is 8.42 Å². The van der Waals surface area contributed by atoms with Crippen LogP contribution in [0.15, 0.2) is 53.4 Å². The van der Waals surface area contributed by atoms with Gasteiger partial charge in [0.1, 0.15) is 0 Å². The zero-order valence-corrected chi connectivity index (χ0v) is 16.3. The van der Waals surface area contributed by atoms with Crippen molar-refractivity contribution < 1.29 is 17.9 Å². The van der Waals surface area contributed by atoms with Gasteiger partial charge < -0.3 is 10.1 Å². The lowest BCUT2D eigenvalue weighted by Gasteiger charge is -2.35. The van der Waals surface area contributed by atoms with Gasteiger partial charge in [-0.2, -0.15) is 0 Å². The molecule has 0 spiro atoms. The minimum Gasteiger partial charge on any atom is -0.381 e. The number of aryl methyl sites for hydroxylation is 1. The van der Waals surface area contributed by atoms with Gasteiger partial charge >= 0.3 is 0 Å². The second-order valence-corrected chi connectivity index (χ2v) is 8.42. The van der Waals surface area contributed by atoms with Crippen molar-refractivity contribution in [2.45, 2.75) is 37.6 Å². The molecule has 0 aliphatic carbocycles. The van der Waals surface area contributed by atoms with Gasteiger partial charge in [0.15, 0.2) is 0 Å². The van der Waals surface area contributed by atoms with E-state index < -0.39 is 10.0 Å². The first kappa shape index (κ1) is 19.4. The summed E-state index contributed by atoms with van der Waals surface area (Å²) in [7, 11) is -3.73. The maximum absolute atomic E-state index is 13.5. The van der Waals surface area contributed by atoms with Crippen LogP contribution >= 0.6 is 0 Å². The fraction of sp³-hybridized carbons (Fsp3) is 0.350. The zero-order valence-electron chi connectivity index (χ0n) is 15.5. The van der Waals surface area contributed by atoms with E-state index in [4.69, 9.17) is 4.74 Å². The molecular weight excluding hydrogens is 364 g/mol. The van der Waals surface area contributed by atoms with Crippen LogP contribution in [-0.2, 0) is 19.6 Å². The predicted octanol–water partition coefficient (Wildman–Crippen LogP) is 3.33. The zero-order chi connectivity index (χ0) is 19.4. The first-order chi connectivity index (χ1) is 12.9. The number of hydrogen-bond donors (Lipinski definition) is 1. The highest BCUT2D eigenvalue weighted by Gasteiger charge is 2.33. The monoisotopic (exact) mass is 388 g/mol. The maximum atomic E-state index is 13.5. The number of rotatable bonds is 5. The third-order valence-electron chi connectivity index (χ3n) is 4.60. The van der Waals surface area contributed by atoms with Crippen LogP contribution in [0.3, 0.4) is 0 Å². The minimum atomic E-state index is -3.73. The molecule has 1 fully saturated rings. The molecule has 0 atom stereocenters. The van der Waals surface area contributed by atoms with E-state index >= 15 is 0 Å². The van der Waals surface area contributed by atoms with Crippen LogP contribution in [0.1, 0.15) is 25.3 Å². The Morgan fingerprint density at radius 1 is 1.07 bits per heavy atom. The van der Waals surface area contributed by atoms with E-state index in [-0.39, 0.29) is 11.9 Å². The number of anilines is 2. The van der Waals surface area contributed by atoms with Gasteiger partial charge in [-0.05, 0) is 55.7 Å². The molecule has 1 amide bonds. The number of amides is 1. The Kier molecular flexibility index (Phi) is 5.82. The average molecular weight is 388 g/mol. The van der Waals surface area contributed by atoms with Crippen LogP contribution in [0, 0.1) is 6.92 Å². The fourth-order valence-electron chi connectivity index (χ4n) is 3.31. The first-order valence-electron chi connectivity index (χ1n) is 8.95. The average Bonchev–Trinajstić information content (AvgIpc) is 2.64. The summed E-state index contributed by atoms with van der Waals surface area (Å²) in [6, 6.07) is 13.7. The normalized spacial score (nSPS) is 15.3. The number of carbonyl (C=O) groups is 1. The van der Waals surface area contributed by atoms with Crippen LogP contribution in [0.5, 0.6) is 0 Å². The summed E-state index contributed by atoms with van der Waals surface area (Å²) < 4.78 is 34.0. The summed E-state index contributed by atoms with van der Waals surface area (Å²) >= 11 is 0. The lowest BCUT2D eigenvalue weighted by molar-refractivity contribution is -0.114. The predicted molar refractivity (Wildman–Crippen MR) is 105 cm³/mol. The Balaban J connectivity index is 2.03. The molecule has 3 rings (SSSR count). The minimum absolute atomic E-state index is 0.170. The van der Waals surface area contributed by atoms with Gasteiger partial charge in [-0.15, -0.1) is 0 Å². The van der Waals surface area contributed by atoms with Crippen molar-refractivity contribution in [1.82, 2.24) is 0 Å². The van der Waals surface area contributed by atoms with Crippen LogP contribution in [-0.4, -0.2) is 33.6 Å². The van der Waals surface area contributed by atoms with E-state index in [1.165, 1.54) is 11.2 Å². The molecule has 0 unspecified atom stereocenters. The standard InChI is InChI=1S/C20H24N2O4S/c1-15-5-3-4-6-20(15)27(24,25)22(19-11-13-26-14-12-19)18-9-7-17(8-10-18)21-16(2)23/h3-10,19H,11-14H2,1-2H3,(H,21,23). The largest absolute Gasteiger partial charge is 0.381 e. The summed E-state index contributed by atoms with van der Waals surface area (Å²) in [5, 5.41) is 2.70. The lowest BCUT2D eigenvalue weighted by atomic mass is 10.1. The van der Waals surface area contributed by atoms with Crippen LogP contribution in [0.2, 0.25) is 0 Å². The second-order valence-electron chi connectivity index (χ2n) is 6.64. The number of sulfonamides is 1. The number of ether oxygens (including phenoxy) is 1. The van der Waals surface area contributed by atoms with Crippen LogP contribution in [0.4, 0.5) is 11.4 Å². The summed E-state index contributed by atoms with van der Waals surface area (Å²) in [6.07, 6.45) is 1.27. The summed E-state index contributed by atoms with van der Waals surface area (Å²) in [6.45, 7) is 4.31. The molecule has 1 heterocycles. The van der Waals surface area contributed by atoms with E-state index in [1.54, 1.807) is 49.4 Å². The number of nitrogens with zero attached hydrogens (tertiary/aromatic N) is 1. The molecule has 0 aromatic heterocycles. The molecule has 1 aliphatic heterocycles. The Labute approximate surface area is 160 Å². The Morgan fingerprint density at radius 2 is 1.70 bits per heavy atom. The number of hydrogen-bond acceptors (Lipinski definition) is 4. The quantitative estimate of drug-likeness (QED) is 0.852.